The Morgan fingerprint density at radius 3 is 0.818 bits per heavy atom. The minimum Gasteiger partial charge on any atom is -0.893 e. The van der Waals surface area contributed by atoms with Crippen molar-refractivity contribution in [3.63, 3.8) is 0 Å². The van der Waals surface area contributed by atoms with Gasteiger partial charge in [0.15, 0.2) is 69.8 Å². The summed E-state index contributed by atoms with van der Waals surface area (Å²) in [5.74, 6) is -46.1. The molecule has 20 heteroatoms. The average molecular weight is 640 g/mol. The first kappa shape index (κ1) is 39.8. The van der Waals surface area contributed by atoms with Gasteiger partial charge in [-0.15, -0.1) is 13.4 Å². The van der Waals surface area contributed by atoms with Gasteiger partial charge in [-0.3, -0.25) is 0 Å². The second-order valence-electron chi connectivity index (χ2n) is 8.77. The zero-order valence-electron chi connectivity index (χ0n) is 22.1. The first-order valence-corrected chi connectivity index (χ1v) is 11.3. The molecule has 0 aliphatic heterocycles. The van der Waals surface area contributed by atoms with Crippen molar-refractivity contribution in [1.29, 1.82) is 0 Å². The number of unbranched alkanes of at least 4 members (excludes halogenated alkanes) is 2. The molecule has 0 saturated carbocycles. The van der Waals surface area contributed by atoms with E-state index in [2.05, 4.69) is 0 Å². The zero-order valence-corrected chi connectivity index (χ0v) is 22.1. The molecule has 2 nitrogen and oxygen atoms in total. The molecule has 228 valence electrons. The van der Waals surface area contributed by atoms with E-state index in [1.807, 2.05) is 0 Å². The number of hydrogen-bond acceptors (Lipinski definition) is 2. The molecule has 44 heavy (non-hydrogen) atoms. The van der Waals surface area contributed by atoms with Crippen molar-refractivity contribution in [3.8, 4) is 0 Å². The van der Waals surface area contributed by atoms with Crippen molar-refractivity contribution in [2.45, 2.75) is 37.4 Å². The van der Waals surface area contributed by atoms with Crippen LogP contribution in [0.4, 0.5) is 65.9 Å². The van der Waals surface area contributed by atoms with Crippen molar-refractivity contribution < 1.29 is 114 Å². The first-order chi connectivity index (χ1) is 19.4. The summed E-state index contributed by atoms with van der Waals surface area (Å²) >= 11 is 0. The van der Waals surface area contributed by atoms with Crippen LogP contribution in [0.1, 0.15) is 42.4 Å². The molecular formula is C24H10BF15Li2O2. The predicted molar refractivity (Wildman–Crippen MR) is 108 cm³/mol. The Kier molecular flexibility index (Phi) is 13.5. The molecule has 3 rings (SSSR count). The number of benzene rings is 3. The summed E-state index contributed by atoms with van der Waals surface area (Å²) in [5, 5.41) is 21.5. The normalized spacial score (nSPS) is 11.4. The van der Waals surface area contributed by atoms with Crippen LogP contribution in [0.3, 0.4) is 0 Å². The van der Waals surface area contributed by atoms with Gasteiger partial charge in [0.25, 0.3) is 0 Å². The van der Waals surface area contributed by atoms with Gasteiger partial charge in [0.2, 0.25) is 17.5 Å². The molecule has 0 heterocycles. The third kappa shape index (κ3) is 6.39. The van der Waals surface area contributed by atoms with E-state index in [4.69, 9.17) is 0 Å². The van der Waals surface area contributed by atoms with Crippen molar-refractivity contribution >= 4 is 7.12 Å². The predicted octanol–water partition coefficient (Wildman–Crippen LogP) is -0.115. The van der Waals surface area contributed by atoms with E-state index in [1.165, 1.54) is 0 Å². The average Bonchev–Trinajstić information content (AvgIpc) is 2.94. The molecule has 0 N–H and O–H groups in total. The van der Waals surface area contributed by atoms with Gasteiger partial charge in [-0.1, -0.05) is 19.3 Å². The number of hydrogen-bond donors (Lipinski definition) is 0. The standard InChI is InChI=1S/C24H10BF15O2.2Li/c26-9-6(10(27)16(33)21(38)15(9)32)24(4-2-1-3-5-25(41)42,7-11(28)17(34)22(39)18(35)12(7)29)8-13(30)19(36)23(40)20(37)14(8)31;;/h1-5H2;;/q-2;2*+1. The summed E-state index contributed by atoms with van der Waals surface area (Å²) < 4.78 is 219. The van der Waals surface area contributed by atoms with Crippen molar-refractivity contribution in [2.75, 3.05) is 0 Å². The quantitative estimate of drug-likeness (QED) is 0.0820. The van der Waals surface area contributed by atoms with E-state index in [9.17, 15) is 49.6 Å². The maximum Gasteiger partial charge on any atom is 1.00 e. The fraction of sp³-hybridized carbons (Fsp3) is 0.250. The maximum absolute atomic E-state index is 15.2. The second kappa shape index (κ2) is 14.9. The van der Waals surface area contributed by atoms with Crippen LogP contribution < -0.4 is 47.8 Å². The molecule has 0 saturated heterocycles. The van der Waals surface area contributed by atoms with Crippen LogP contribution in [-0.4, -0.2) is 7.12 Å². The second-order valence-corrected chi connectivity index (χ2v) is 8.77. The SMILES string of the molecule is [Li+].[Li+].[O-]B([O-])CCCCCC(c1c(F)c(F)c(F)c(F)c1F)(c1c(F)c(F)c(F)c(F)c1F)c1c(F)c(F)c(F)c(F)c1F. The summed E-state index contributed by atoms with van der Waals surface area (Å²) in [6.45, 7) is 0. The molecule has 0 fully saturated rings. The molecule has 3 aromatic rings. The summed E-state index contributed by atoms with van der Waals surface area (Å²) in [4.78, 5) is 0. The third-order valence-electron chi connectivity index (χ3n) is 6.40. The summed E-state index contributed by atoms with van der Waals surface area (Å²) in [6.07, 6.45) is -4.82. The van der Waals surface area contributed by atoms with E-state index >= 15 is 26.3 Å². The van der Waals surface area contributed by atoms with Crippen LogP contribution in [0.25, 0.3) is 0 Å². The van der Waals surface area contributed by atoms with Gasteiger partial charge in [0.1, 0.15) is 0 Å². The van der Waals surface area contributed by atoms with E-state index < -0.39 is 148 Å². The Balaban J connectivity index is 0.00000484. The molecule has 0 amide bonds. The Bertz CT molecular complexity index is 1320. The summed E-state index contributed by atoms with van der Waals surface area (Å²) in [6, 6.07) is 0. The minimum atomic E-state index is -4.56. The van der Waals surface area contributed by atoms with Gasteiger partial charge in [0.05, 0.1) is 5.41 Å². The number of halogens is 15. The summed E-state index contributed by atoms with van der Waals surface area (Å²) in [5.41, 5.74) is -12.8. The molecule has 0 aromatic heterocycles. The van der Waals surface area contributed by atoms with Crippen LogP contribution in [0.15, 0.2) is 0 Å². The van der Waals surface area contributed by atoms with Crippen molar-refractivity contribution in [1.82, 2.24) is 0 Å². The van der Waals surface area contributed by atoms with Crippen molar-refractivity contribution in [2.24, 2.45) is 0 Å². The van der Waals surface area contributed by atoms with E-state index in [0.717, 1.165) is 0 Å². The van der Waals surface area contributed by atoms with Crippen LogP contribution >= 0.6 is 0 Å². The molecule has 0 bridgehead atoms. The maximum atomic E-state index is 15.2. The van der Waals surface area contributed by atoms with E-state index in [-0.39, 0.29) is 37.7 Å². The molecule has 0 atom stereocenters. The monoisotopic (exact) mass is 640 g/mol. The molecule has 0 unspecified atom stereocenters. The van der Waals surface area contributed by atoms with Gasteiger partial charge in [0, 0.05) is 16.7 Å². The molecule has 0 radical (unpaired) electrons. The van der Waals surface area contributed by atoms with Crippen LogP contribution in [0, 0.1) is 87.3 Å². The van der Waals surface area contributed by atoms with Gasteiger partial charge in [-0.25, -0.2) is 65.9 Å². The Morgan fingerprint density at radius 1 is 0.364 bits per heavy atom. The largest absolute Gasteiger partial charge is 1.00 e. The van der Waals surface area contributed by atoms with Gasteiger partial charge in [-0.2, -0.15) is 0 Å². The van der Waals surface area contributed by atoms with Crippen molar-refractivity contribution in [3.05, 3.63) is 104 Å². The van der Waals surface area contributed by atoms with Crippen LogP contribution in [0.2, 0.25) is 6.32 Å². The molecule has 0 aliphatic carbocycles. The molecule has 3 aromatic carbocycles. The van der Waals surface area contributed by atoms with Crippen LogP contribution in [0.5, 0.6) is 0 Å². The Morgan fingerprint density at radius 2 is 0.591 bits per heavy atom. The molecule has 0 aliphatic rings. The third-order valence-corrected chi connectivity index (χ3v) is 6.40. The van der Waals surface area contributed by atoms with E-state index in [0.29, 0.717) is 0 Å². The minimum absolute atomic E-state index is 0. The Hall–Kier alpha value is -2.21. The first-order valence-electron chi connectivity index (χ1n) is 11.3. The van der Waals surface area contributed by atoms with Gasteiger partial charge < -0.3 is 10.0 Å². The fourth-order valence-corrected chi connectivity index (χ4v) is 4.57. The van der Waals surface area contributed by atoms with Gasteiger partial charge in [-0.05, 0) is 6.42 Å². The van der Waals surface area contributed by atoms with Crippen LogP contribution in [-0.2, 0) is 5.41 Å². The Labute approximate surface area is 261 Å². The zero-order chi connectivity index (χ0) is 32.0. The fourth-order valence-electron chi connectivity index (χ4n) is 4.57. The smallest absolute Gasteiger partial charge is 0.893 e. The summed E-state index contributed by atoms with van der Waals surface area (Å²) in [7, 11) is -2.52. The van der Waals surface area contributed by atoms with E-state index in [1.54, 1.807) is 0 Å². The van der Waals surface area contributed by atoms with Gasteiger partial charge >= 0.3 is 37.7 Å². The number of rotatable bonds is 9. The molecule has 0 spiro atoms. The molecular weight excluding hydrogens is 630 g/mol. The topological polar surface area (TPSA) is 46.1 Å².